The topological polar surface area (TPSA) is 0 Å². The van der Waals surface area contributed by atoms with Crippen LogP contribution in [0.5, 0.6) is 0 Å². The second-order valence-corrected chi connectivity index (χ2v) is 18.9. The number of hydrogen-bond acceptors (Lipinski definition) is 0. The van der Waals surface area contributed by atoms with Crippen LogP contribution in [0.25, 0.3) is 33.4 Å². The van der Waals surface area contributed by atoms with Gasteiger partial charge in [-0.25, -0.2) is 0 Å². The molecule has 10 rings (SSSR count). The van der Waals surface area contributed by atoms with Crippen LogP contribution < -0.4 is 0 Å². The summed E-state index contributed by atoms with van der Waals surface area (Å²) in [6.45, 7) is 19.1. The molecule has 1 atom stereocenters. The van der Waals surface area contributed by atoms with Crippen LogP contribution in [0, 0.1) is 0 Å². The molecule has 0 saturated carbocycles. The molecule has 0 nitrogen and oxygen atoms in total. The number of hydrogen-bond donors (Lipinski definition) is 0. The quantitative estimate of drug-likeness (QED) is 0.168. The predicted octanol–water partition coefficient (Wildman–Crippen LogP) is 14.1. The van der Waals surface area contributed by atoms with Crippen LogP contribution in [0.3, 0.4) is 0 Å². The zero-order valence-corrected chi connectivity index (χ0v) is 33.5. The highest BCUT2D eigenvalue weighted by atomic mass is 14.5. The smallest absolute Gasteiger partial charge is 0.0622 e. The standard InChI is InChI=1S/C55H50/c1-52(2,3)36-27-29-42-48(32-36)55(45-24-16-12-20-38(45)39-21-13-17-25-46(39)55)49-33-37(53(4,5)6)31-43(51(42)49)50-40-22-14-15-23-44(40)54(7,8)47-30-35(26-28-41(47)50)34-18-10-9-11-19-34/h9-33,50H,1-8H3. The molecule has 1 spiro atoms. The molecule has 0 saturated heterocycles. The molecule has 0 fully saturated rings. The van der Waals surface area contributed by atoms with Crippen LogP contribution in [-0.4, -0.2) is 0 Å². The van der Waals surface area contributed by atoms with Crippen LogP contribution in [-0.2, 0) is 21.7 Å². The van der Waals surface area contributed by atoms with Crippen molar-refractivity contribution in [3.63, 3.8) is 0 Å². The molecule has 0 N–H and O–H groups in total. The van der Waals surface area contributed by atoms with Crippen LogP contribution in [0.2, 0.25) is 0 Å². The van der Waals surface area contributed by atoms with Gasteiger partial charge < -0.3 is 0 Å². The van der Waals surface area contributed by atoms with E-state index in [1.165, 1.54) is 94.6 Å². The van der Waals surface area contributed by atoms with Gasteiger partial charge in [0.1, 0.15) is 0 Å². The van der Waals surface area contributed by atoms with Crippen molar-refractivity contribution >= 4 is 0 Å². The number of fused-ring (bicyclic) bond motifs is 12. The van der Waals surface area contributed by atoms with Crippen molar-refractivity contribution in [3.8, 4) is 33.4 Å². The average Bonchev–Trinajstić information content (AvgIpc) is 3.65. The van der Waals surface area contributed by atoms with E-state index in [1.807, 2.05) is 0 Å². The van der Waals surface area contributed by atoms with Crippen molar-refractivity contribution in [1.29, 1.82) is 0 Å². The highest BCUT2D eigenvalue weighted by Crippen LogP contribution is 2.65. The maximum Gasteiger partial charge on any atom is 0.0725 e. The Balaban J connectivity index is 1.36. The molecule has 0 amide bonds. The van der Waals surface area contributed by atoms with Gasteiger partial charge in [-0.1, -0.05) is 201 Å². The van der Waals surface area contributed by atoms with Gasteiger partial charge in [0.2, 0.25) is 0 Å². The summed E-state index contributed by atoms with van der Waals surface area (Å²) in [5, 5.41) is 0. The maximum atomic E-state index is 2.60. The first-order chi connectivity index (χ1) is 26.3. The Kier molecular flexibility index (Phi) is 7.14. The molecule has 7 aromatic rings. The van der Waals surface area contributed by atoms with E-state index >= 15 is 0 Å². The lowest BCUT2D eigenvalue weighted by Gasteiger charge is -2.41. The Bertz CT molecular complexity index is 2640. The zero-order valence-electron chi connectivity index (χ0n) is 33.5. The summed E-state index contributed by atoms with van der Waals surface area (Å²) < 4.78 is 0. The van der Waals surface area contributed by atoms with Gasteiger partial charge in [0.25, 0.3) is 0 Å². The molecule has 1 unspecified atom stereocenters. The molecule has 0 heteroatoms. The normalized spacial score (nSPS) is 16.8. The molecule has 0 radical (unpaired) electrons. The van der Waals surface area contributed by atoms with Gasteiger partial charge in [0.15, 0.2) is 0 Å². The molecule has 55 heavy (non-hydrogen) atoms. The minimum atomic E-state index is -0.428. The summed E-state index contributed by atoms with van der Waals surface area (Å²) in [6, 6.07) is 58.7. The van der Waals surface area contributed by atoms with Crippen molar-refractivity contribution in [2.24, 2.45) is 0 Å². The van der Waals surface area contributed by atoms with E-state index in [1.54, 1.807) is 0 Å². The summed E-state index contributed by atoms with van der Waals surface area (Å²) in [6.07, 6.45) is 0. The molecule has 270 valence electrons. The highest BCUT2D eigenvalue weighted by Gasteiger charge is 2.53. The van der Waals surface area contributed by atoms with Crippen molar-refractivity contribution in [2.75, 3.05) is 0 Å². The van der Waals surface area contributed by atoms with Crippen molar-refractivity contribution in [1.82, 2.24) is 0 Å². The lowest BCUT2D eigenvalue weighted by atomic mass is 9.62. The Morgan fingerprint density at radius 3 is 1.60 bits per heavy atom. The molecular formula is C55H50. The Morgan fingerprint density at radius 1 is 0.382 bits per heavy atom. The second kappa shape index (κ2) is 11.5. The van der Waals surface area contributed by atoms with Gasteiger partial charge in [-0.05, 0) is 111 Å². The SMILES string of the molecule is CC(C)(C)c1ccc2c(c1)C1(c3ccccc3-c3ccccc31)c1cc(C(C)(C)C)cc(C3c4ccccc4C(C)(C)c4cc(-c5ccccc5)ccc43)c1-2. The third-order valence-corrected chi connectivity index (χ3v) is 13.4. The molecule has 0 aromatic heterocycles. The second-order valence-electron chi connectivity index (χ2n) is 18.9. The number of benzene rings is 7. The summed E-state index contributed by atoms with van der Waals surface area (Å²) >= 11 is 0. The fourth-order valence-electron chi connectivity index (χ4n) is 10.5. The molecular weight excluding hydrogens is 661 g/mol. The first kappa shape index (κ1) is 34.1. The Labute approximate surface area is 328 Å². The summed E-state index contributed by atoms with van der Waals surface area (Å²) in [4.78, 5) is 0. The van der Waals surface area contributed by atoms with Gasteiger partial charge in [0, 0.05) is 11.3 Å². The third kappa shape index (κ3) is 4.70. The van der Waals surface area contributed by atoms with Crippen molar-refractivity contribution in [3.05, 3.63) is 213 Å². The molecule has 3 aliphatic rings. The van der Waals surface area contributed by atoms with E-state index < -0.39 is 5.41 Å². The van der Waals surface area contributed by atoms with Crippen LogP contribution in [0.4, 0.5) is 0 Å². The van der Waals surface area contributed by atoms with Gasteiger partial charge in [0.05, 0.1) is 5.41 Å². The molecule has 0 bridgehead atoms. The van der Waals surface area contributed by atoms with Crippen LogP contribution in [0.1, 0.15) is 123 Å². The first-order valence-electron chi connectivity index (χ1n) is 20.1. The molecule has 0 heterocycles. The van der Waals surface area contributed by atoms with E-state index in [-0.39, 0.29) is 22.2 Å². The van der Waals surface area contributed by atoms with Gasteiger partial charge in [-0.15, -0.1) is 0 Å². The van der Waals surface area contributed by atoms with Gasteiger partial charge >= 0.3 is 0 Å². The van der Waals surface area contributed by atoms with E-state index in [4.69, 9.17) is 0 Å². The minimum Gasteiger partial charge on any atom is -0.0622 e. The van der Waals surface area contributed by atoms with Gasteiger partial charge in [-0.2, -0.15) is 0 Å². The Morgan fingerprint density at radius 2 is 0.945 bits per heavy atom. The fraction of sp³-hybridized carbons (Fsp3) is 0.236. The third-order valence-electron chi connectivity index (χ3n) is 13.4. The van der Waals surface area contributed by atoms with Crippen LogP contribution in [0.15, 0.2) is 152 Å². The Hall–Kier alpha value is -5.46. The summed E-state index contributed by atoms with van der Waals surface area (Å²) in [7, 11) is 0. The number of rotatable bonds is 2. The van der Waals surface area contributed by atoms with Crippen molar-refractivity contribution in [2.45, 2.75) is 83.0 Å². The summed E-state index contributed by atoms with van der Waals surface area (Å²) in [5.74, 6) is 0.0669. The molecule has 3 aliphatic carbocycles. The fourth-order valence-corrected chi connectivity index (χ4v) is 10.5. The lowest BCUT2D eigenvalue weighted by Crippen LogP contribution is -2.30. The van der Waals surface area contributed by atoms with E-state index in [0.717, 1.165) is 0 Å². The van der Waals surface area contributed by atoms with E-state index in [2.05, 4.69) is 207 Å². The molecule has 0 aliphatic heterocycles. The van der Waals surface area contributed by atoms with Crippen molar-refractivity contribution < 1.29 is 0 Å². The zero-order chi connectivity index (χ0) is 38.1. The van der Waals surface area contributed by atoms with Crippen LogP contribution >= 0.6 is 0 Å². The highest BCUT2D eigenvalue weighted by molar-refractivity contribution is 5.97. The predicted molar refractivity (Wildman–Crippen MR) is 232 cm³/mol. The monoisotopic (exact) mass is 710 g/mol. The van der Waals surface area contributed by atoms with E-state index in [9.17, 15) is 0 Å². The van der Waals surface area contributed by atoms with E-state index in [0.29, 0.717) is 0 Å². The minimum absolute atomic E-state index is 0.00529. The average molecular weight is 711 g/mol. The maximum absolute atomic E-state index is 2.60. The summed E-state index contributed by atoms with van der Waals surface area (Å²) in [5.41, 5.74) is 22.9. The largest absolute Gasteiger partial charge is 0.0725 e. The lowest BCUT2D eigenvalue weighted by molar-refractivity contribution is 0.582. The molecule has 7 aromatic carbocycles. The van der Waals surface area contributed by atoms with Gasteiger partial charge in [-0.3, -0.25) is 0 Å². The first-order valence-corrected chi connectivity index (χ1v) is 20.1.